The van der Waals surface area contributed by atoms with E-state index in [0.717, 1.165) is 12.1 Å². The van der Waals surface area contributed by atoms with Crippen LogP contribution in [0, 0.1) is 5.92 Å². The van der Waals surface area contributed by atoms with Crippen LogP contribution in [0.15, 0.2) is 23.5 Å². The molecule has 0 bridgehead atoms. The van der Waals surface area contributed by atoms with E-state index in [1.807, 2.05) is 0 Å². The van der Waals surface area contributed by atoms with Crippen molar-refractivity contribution in [1.82, 2.24) is 14.5 Å². The van der Waals surface area contributed by atoms with Crippen molar-refractivity contribution >= 4 is 49.3 Å². The number of alkyl halides is 6. The fraction of sp³-hybridized carbons (Fsp3) is 0.550. The Hall–Kier alpha value is -2.11. The average molecular weight is 646 g/mol. The van der Waals surface area contributed by atoms with E-state index in [1.54, 1.807) is 4.90 Å². The van der Waals surface area contributed by atoms with E-state index in [-0.39, 0.29) is 52.9 Å². The first kappa shape index (κ1) is 29.9. The van der Waals surface area contributed by atoms with Crippen LogP contribution in [0.4, 0.5) is 26.3 Å². The Bertz CT molecular complexity index is 1410. The van der Waals surface area contributed by atoms with Crippen molar-refractivity contribution < 1.29 is 52.2 Å². The van der Waals surface area contributed by atoms with Gasteiger partial charge in [0.15, 0.2) is 0 Å². The third-order valence-electron chi connectivity index (χ3n) is 6.67. The maximum atomic E-state index is 13.2. The number of likely N-dealkylation sites (tertiary alicyclic amines) is 1. The normalized spacial score (nSPS) is 22.8. The van der Waals surface area contributed by atoms with Crippen LogP contribution in [-0.2, 0) is 31.4 Å². The van der Waals surface area contributed by atoms with Gasteiger partial charge in [0.05, 0.1) is 5.70 Å². The lowest BCUT2D eigenvalue weighted by Crippen LogP contribution is -2.41. The molecule has 1 aromatic rings. The Morgan fingerprint density at radius 1 is 1.00 bits per heavy atom. The number of allylic oxidation sites excluding steroid dienone is 1. The monoisotopic (exact) mass is 645 g/mol. The summed E-state index contributed by atoms with van der Waals surface area (Å²) < 4.78 is 127. The van der Waals surface area contributed by atoms with Gasteiger partial charge in [-0.3, -0.25) is 4.79 Å². The highest BCUT2D eigenvalue weighted by atomic mass is 35.5. The summed E-state index contributed by atoms with van der Waals surface area (Å²) in [5.41, 5.74) is -10.6. The Kier molecular flexibility index (Phi) is 7.71. The van der Waals surface area contributed by atoms with Gasteiger partial charge in [0.25, 0.3) is 0 Å². The Balaban J connectivity index is 1.44. The standard InChI is InChI=1S/C20H19Cl2F6N3O6S2/c21-14-7-12(37-39(35,36)20(26,27)28)8-15(22)13(14)5-10-3-4-30(18(10)32)11-1-2-17-16(6-11)29-9-31(17)38(33,34)19(23,24)25/h7-8,10-11,29H,1-6,9H2. The summed E-state index contributed by atoms with van der Waals surface area (Å²) in [7, 11) is -11.5. The molecule has 3 aliphatic rings. The largest absolute Gasteiger partial charge is 0.534 e. The van der Waals surface area contributed by atoms with E-state index in [4.69, 9.17) is 23.2 Å². The van der Waals surface area contributed by atoms with Crippen LogP contribution >= 0.6 is 23.2 Å². The Morgan fingerprint density at radius 2 is 1.62 bits per heavy atom. The van der Waals surface area contributed by atoms with Gasteiger partial charge in [0.2, 0.25) is 5.91 Å². The maximum absolute atomic E-state index is 13.2. The molecule has 1 saturated heterocycles. The molecule has 1 N–H and O–H groups in total. The molecule has 218 valence electrons. The van der Waals surface area contributed by atoms with E-state index in [2.05, 4.69) is 9.50 Å². The number of carbonyl (C=O) groups is 1. The molecule has 0 saturated carbocycles. The minimum absolute atomic E-state index is 0.00327. The summed E-state index contributed by atoms with van der Waals surface area (Å²) in [6, 6.07) is 1.27. The van der Waals surface area contributed by atoms with Crippen LogP contribution in [-0.4, -0.2) is 62.2 Å². The van der Waals surface area contributed by atoms with E-state index < -0.39 is 55.5 Å². The predicted molar refractivity (Wildman–Crippen MR) is 125 cm³/mol. The summed E-state index contributed by atoms with van der Waals surface area (Å²) >= 11 is 12.2. The highest BCUT2D eigenvalue weighted by Gasteiger charge is 2.53. The van der Waals surface area contributed by atoms with Crippen LogP contribution in [0.2, 0.25) is 10.0 Å². The molecule has 1 aromatic carbocycles. The fourth-order valence-corrected chi connectivity index (χ4v) is 6.84. The van der Waals surface area contributed by atoms with E-state index in [1.165, 1.54) is 0 Å². The maximum Gasteiger partial charge on any atom is 0.534 e. The summed E-state index contributed by atoms with van der Waals surface area (Å²) in [6.07, 6.45) is 0.673. The lowest BCUT2D eigenvalue weighted by molar-refractivity contribution is -0.133. The molecule has 2 unspecified atom stereocenters. The summed E-state index contributed by atoms with van der Waals surface area (Å²) in [5, 5.41) is 2.25. The number of benzene rings is 1. The summed E-state index contributed by atoms with van der Waals surface area (Å²) in [6.45, 7) is -0.265. The first-order valence-corrected chi connectivity index (χ1v) is 14.8. The van der Waals surface area contributed by atoms with Crippen LogP contribution < -0.4 is 9.50 Å². The predicted octanol–water partition coefficient (Wildman–Crippen LogP) is 4.09. The zero-order valence-electron chi connectivity index (χ0n) is 19.4. The number of halogens is 8. The van der Waals surface area contributed by atoms with Gasteiger partial charge >= 0.3 is 31.2 Å². The van der Waals surface area contributed by atoms with E-state index >= 15 is 0 Å². The molecular formula is C20H19Cl2F6N3O6S2. The van der Waals surface area contributed by atoms with Crippen molar-refractivity contribution in [3.05, 3.63) is 39.1 Å². The number of rotatable bonds is 6. The Labute approximate surface area is 228 Å². The Morgan fingerprint density at radius 3 is 2.18 bits per heavy atom. The van der Waals surface area contributed by atoms with Gasteiger partial charge in [0.1, 0.15) is 12.4 Å². The van der Waals surface area contributed by atoms with Crippen LogP contribution in [0.1, 0.15) is 31.2 Å². The van der Waals surface area contributed by atoms with Crippen LogP contribution in [0.3, 0.4) is 0 Å². The van der Waals surface area contributed by atoms with E-state index in [9.17, 15) is 48.0 Å². The number of nitrogens with one attached hydrogen (secondary N) is 1. The molecule has 1 aliphatic carbocycles. The second-order valence-corrected chi connectivity index (χ2v) is 13.2. The zero-order chi connectivity index (χ0) is 29.1. The van der Waals surface area contributed by atoms with Gasteiger partial charge in [0, 0.05) is 52.8 Å². The molecule has 39 heavy (non-hydrogen) atoms. The number of amides is 1. The van der Waals surface area contributed by atoms with Crippen molar-refractivity contribution in [2.75, 3.05) is 13.2 Å². The minimum Gasteiger partial charge on any atom is -0.376 e. The molecule has 9 nitrogen and oxygen atoms in total. The van der Waals surface area contributed by atoms with Crippen LogP contribution in [0.25, 0.3) is 0 Å². The zero-order valence-corrected chi connectivity index (χ0v) is 22.6. The molecule has 0 radical (unpaired) electrons. The number of hydrogen-bond acceptors (Lipinski definition) is 7. The lowest BCUT2D eigenvalue weighted by Gasteiger charge is -2.33. The number of sulfonamides is 1. The van der Waals surface area contributed by atoms with Crippen molar-refractivity contribution in [3.8, 4) is 5.75 Å². The molecule has 2 aliphatic heterocycles. The van der Waals surface area contributed by atoms with E-state index in [0.29, 0.717) is 23.0 Å². The van der Waals surface area contributed by atoms with Gasteiger partial charge in [-0.25, -0.2) is 4.31 Å². The molecule has 19 heteroatoms. The molecular weight excluding hydrogens is 627 g/mol. The smallest absolute Gasteiger partial charge is 0.376 e. The summed E-state index contributed by atoms with van der Waals surface area (Å²) in [5.74, 6) is -1.71. The highest BCUT2D eigenvalue weighted by Crippen LogP contribution is 2.41. The third kappa shape index (κ3) is 5.59. The quantitative estimate of drug-likeness (QED) is 0.282. The fourth-order valence-electron chi connectivity index (χ4n) is 4.80. The number of nitrogens with zero attached hydrogens (tertiary/aromatic N) is 2. The second-order valence-electron chi connectivity index (χ2n) is 9.03. The molecule has 2 atom stereocenters. The molecule has 0 spiro atoms. The first-order chi connectivity index (χ1) is 17.8. The van der Waals surface area contributed by atoms with Gasteiger partial charge < -0.3 is 14.4 Å². The third-order valence-corrected chi connectivity index (χ3v) is 9.84. The first-order valence-electron chi connectivity index (χ1n) is 11.2. The van der Waals surface area contributed by atoms with Crippen molar-refractivity contribution in [3.63, 3.8) is 0 Å². The van der Waals surface area contributed by atoms with Gasteiger partial charge in [-0.15, -0.1) is 0 Å². The van der Waals surface area contributed by atoms with Crippen molar-refractivity contribution in [2.24, 2.45) is 5.92 Å². The topological polar surface area (TPSA) is 113 Å². The summed E-state index contributed by atoms with van der Waals surface area (Å²) in [4.78, 5) is 14.7. The van der Waals surface area contributed by atoms with Crippen molar-refractivity contribution in [2.45, 2.75) is 49.2 Å². The van der Waals surface area contributed by atoms with Gasteiger partial charge in [-0.2, -0.15) is 43.2 Å². The average Bonchev–Trinajstić information content (AvgIpc) is 3.37. The minimum atomic E-state index is -5.95. The van der Waals surface area contributed by atoms with Gasteiger partial charge in [-0.05, 0) is 31.2 Å². The lowest BCUT2D eigenvalue weighted by atomic mass is 9.95. The SMILES string of the molecule is O=C1C(Cc2c(Cl)cc(OS(=O)(=O)C(F)(F)F)cc2Cl)CCN1C1CCC2=C(C1)NCN2S(=O)(=O)C(F)(F)F. The molecule has 1 fully saturated rings. The number of hydrogen-bond donors (Lipinski definition) is 1. The molecule has 2 heterocycles. The molecule has 4 rings (SSSR count). The second kappa shape index (κ2) is 10.1. The van der Waals surface area contributed by atoms with Crippen molar-refractivity contribution in [1.29, 1.82) is 0 Å². The van der Waals surface area contributed by atoms with Crippen LogP contribution in [0.5, 0.6) is 5.75 Å². The van der Waals surface area contributed by atoms with Gasteiger partial charge in [-0.1, -0.05) is 23.2 Å². The molecule has 0 aromatic heterocycles. The molecule has 1 amide bonds. The highest BCUT2D eigenvalue weighted by molar-refractivity contribution is 7.90. The number of carbonyl (C=O) groups excluding carboxylic acids is 1.